The van der Waals surface area contributed by atoms with Crippen LogP contribution in [0.2, 0.25) is 0 Å². The first-order valence-electron chi connectivity index (χ1n) is 6.67. The van der Waals surface area contributed by atoms with E-state index in [1.54, 1.807) is 6.07 Å². The molecule has 6 heteroatoms. The molecule has 1 aromatic carbocycles. The molecule has 0 saturated carbocycles. The number of nitrogens with one attached hydrogen (secondary N) is 2. The summed E-state index contributed by atoms with van der Waals surface area (Å²) in [4.78, 5) is 6.70. The molecule has 20 heavy (non-hydrogen) atoms. The number of nitriles is 1. The van der Waals surface area contributed by atoms with Gasteiger partial charge in [-0.05, 0) is 19.1 Å². The Hall–Kier alpha value is -2.39. The second-order valence-electron chi connectivity index (χ2n) is 4.98. The van der Waals surface area contributed by atoms with Crippen molar-refractivity contribution in [2.45, 2.75) is 13.0 Å². The fourth-order valence-electron chi connectivity index (χ4n) is 2.37. The van der Waals surface area contributed by atoms with Crippen LogP contribution < -0.4 is 10.2 Å². The smallest absolute Gasteiger partial charge is 0.245 e. The molecule has 1 aromatic heterocycles. The lowest BCUT2D eigenvalue weighted by atomic mass is 10.1. The minimum atomic E-state index is 0.438. The molecule has 1 aliphatic heterocycles. The van der Waals surface area contributed by atoms with E-state index in [-0.39, 0.29) is 0 Å². The number of anilines is 1. The molecule has 1 unspecified atom stereocenters. The third-order valence-corrected chi connectivity index (χ3v) is 3.39. The Kier molecular flexibility index (Phi) is 3.35. The average molecular weight is 268 g/mol. The molecule has 2 heterocycles. The monoisotopic (exact) mass is 268 g/mol. The second kappa shape index (κ2) is 5.31. The molecule has 2 N–H and O–H groups in total. The Balaban J connectivity index is 1.84. The van der Waals surface area contributed by atoms with Crippen molar-refractivity contribution in [2.75, 3.05) is 24.5 Å². The van der Waals surface area contributed by atoms with Crippen molar-refractivity contribution in [3.63, 3.8) is 0 Å². The number of hydrogen-bond donors (Lipinski definition) is 2. The third-order valence-electron chi connectivity index (χ3n) is 3.39. The number of aromatic nitrogens is 3. The first-order chi connectivity index (χ1) is 9.76. The largest absolute Gasteiger partial charge is 0.337 e. The average Bonchev–Trinajstić information content (AvgIpc) is 2.97. The summed E-state index contributed by atoms with van der Waals surface area (Å²) in [5, 5.41) is 19.6. The molecule has 3 rings (SSSR count). The van der Waals surface area contributed by atoms with Crippen LogP contribution in [0.25, 0.3) is 11.4 Å². The Bertz CT molecular complexity index is 641. The number of rotatable bonds is 2. The Morgan fingerprint density at radius 3 is 3.15 bits per heavy atom. The predicted molar refractivity (Wildman–Crippen MR) is 76.2 cm³/mol. The van der Waals surface area contributed by atoms with Crippen LogP contribution >= 0.6 is 0 Å². The normalized spacial score (nSPS) is 18.8. The van der Waals surface area contributed by atoms with Crippen molar-refractivity contribution in [3.8, 4) is 17.5 Å². The Morgan fingerprint density at radius 2 is 2.35 bits per heavy atom. The van der Waals surface area contributed by atoms with Gasteiger partial charge in [0, 0.05) is 31.2 Å². The maximum atomic E-state index is 8.94. The van der Waals surface area contributed by atoms with Crippen LogP contribution in [-0.2, 0) is 0 Å². The van der Waals surface area contributed by atoms with E-state index >= 15 is 0 Å². The van der Waals surface area contributed by atoms with Gasteiger partial charge in [0.2, 0.25) is 5.95 Å². The minimum Gasteiger partial charge on any atom is -0.337 e. The van der Waals surface area contributed by atoms with Gasteiger partial charge in [-0.2, -0.15) is 10.2 Å². The Morgan fingerprint density at radius 1 is 1.45 bits per heavy atom. The van der Waals surface area contributed by atoms with Crippen molar-refractivity contribution in [1.29, 1.82) is 5.26 Å². The summed E-state index contributed by atoms with van der Waals surface area (Å²) in [5.74, 6) is 1.42. The molecular weight excluding hydrogens is 252 g/mol. The lowest BCUT2D eigenvalue weighted by Crippen LogP contribution is -2.49. The summed E-state index contributed by atoms with van der Waals surface area (Å²) < 4.78 is 0. The topological polar surface area (TPSA) is 80.6 Å². The minimum absolute atomic E-state index is 0.438. The number of piperazine rings is 1. The van der Waals surface area contributed by atoms with Gasteiger partial charge < -0.3 is 10.2 Å². The molecule has 6 nitrogen and oxygen atoms in total. The van der Waals surface area contributed by atoms with Crippen molar-refractivity contribution in [1.82, 2.24) is 20.5 Å². The number of aromatic amines is 1. The molecule has 0 amide bonds. The van der Waals surface area contributed by atoms with E-state index in [1.807, 2.05) is 18.2 Å². The Labute approximate surface area is 117 Å². The molecule has 0 radical (unpaired) electrons. The van der Waals surface area contributed by atoms with Gasteiger partial charge in [-0.1, -0.05) is 12.1 Å². The second-order valence-corrected chi connectivity index (χ2v) is 4.98. The van der Waals surface area contributed by atoms with E-state index < -0.39 is 0 Å². The zero-order chi connectivity index (χ0) is 13.9. The fraction of sp³-hybridized carbons (Fsp3) is 0.357. The molecule has 1 atom stereocenters. The molecule has 1 fully saturated rings. The van der Waals surface area contributed by atoms with Gasteiger partial charge in [-0.3, -0.25) is 5.10 Å². The summed E-state index contributed by atoms with van der Waals surface area (Å²) in [6.07, 6.45) is 0. The number of H-pyrrole nitrogens is 1. The number of nitrogens with zero attached hydrogens (tertiary/aromatic N) is 4. The standard InChI is InChI=1S/C14H16N6/c1-10-9-20(6-5-16-10)14-17-13(18-19-14)12-4-2-3-11(7-12)8-15/h2-4,7,10,16H,5-6,9H2,1H3,(H,17,18,19). The first-order valence-corrected chi connectivity index (χ1v) is 6.67. The van der Waals surface area contributed by atoms with Gasteiger partial charge in [-0.15, -0.1) is 5.10 Å². The van der Waals surface area contributed by atoms with E-state index in [2.05, 4.69) is 38.4 Å². The molecule has 2 aromatic rings. The van der Waals surface area contributed by atoms with E-state index in [0.717, 1.165) is 31.1 Å². The van der Waals surface area contributed by atoms with Crippen molar-refractivity contribution < 1.29 is 0 Å². The van der Waals surface area contributed by atoms with Gasteiger partial charge in [0.25, 0.3) is 0 Å². The van der Waals surface area contributed by atoms with Crippen LogP contribution in [0.4, 0.5) is 5.95 Å². The summed E-state index contributed by atoms with van der Waals surface area (Å²) in [6, 6.07) is 9.93. The number of hydrogen-bond acceptors (Lipinski definition) is 5. The third kappa shape index (κ3) is 2.49. The highest BCUT2D eigenvalue weighted by Gasteiger charge is 2.19. The quantitative estimate of drug-likeness (QED) is 0.853. The van der Waals surface area contributed by atoms with Gasteiger partial charge in [-0.25, -0.2) is 0 Å². The SMILES string of the molecule is CC1CN(c2n[nH]c(-c3cccc(C#N)c3)n2)CCN1. The maximum Gasteiger partial charge on any atom is 0.245 e. The molecule has 0 bridgehead atoms. The zero-order valence-corrected chi connectivity index (χ0v) is 11.3. The van der Waals surface area contributed by atoms with E-state index in [9.17, 15) is 0 Å². The molecular formula is C14H16N6. The highest BCUT2D eigenvalue weighted by Crippen LogP contribution is 2.19. The van der Waals surface area contributed by atoms with E-state index in [1.165, 1.54) is 0 Å². The molecule has 102 valence electrons. The fourth-order valence-corrected chi connectivity index (χ4v) is 2.37. The lowest BCUT2D eigenvalue weighted by molar-refractivity contribution is 0.480. The van der Waals surface area contributed by atoms with E-state index in [0.29, 0.717) is 17.4 Å². The highest BCUT2D eigenvalue weighted by molar-refractivity contribution is 5.59. The number of benzene rings is 1. The molecule has 0 aliphatic carbocycles. The highest BCUT2D eigenvalue weighted by atomic mass is 15.4. The van der Waals surface area contributed by atoms with Crippen molar-refractivity contribution in [3.05, 3.63) is 29.8 Å². The summed E-state index contributed by atoms with van der Waals surface area (Å²) in [5.41, 5.74) is 1.50. The first kappa shape index (κ1) is 12.6. The van der Waals surface area contributed by atoms with Crippen LogP contribution in [-0.4, -0.2) is 40.9 Å². The van der Waals surface area contributed by atoms with Crippen LogP contribution in [0, 0.1) is 11.3 Å². The van der Waals surface area contributed by atoms with Gasteiger partial charge in [0.15, 0.2) is 5.82 Å². The van der Waals surface area contributed by atoms with Gasteiger partial charge >= 0.3 is 0 Å². The van der Waals surface area contributed by atoms with Crippen LogP contribution in [0.1, 0.15) is 12.5 Å². The zero-order valence-electron chi connectivity index (χ0n) is 11.3. The van der Waals surface area contributed by atoms with Gasteiger partial charge in [0.05, 0.1) is 11.6 Å². The van der Waals surface area contributed by atoms with Crippen molar-refractivity contribution in [2.24, 2.45) is 0 Å². The summed E-state index contributed by atoms with van der Waals surface area (Å²) >= 11 is 0. The van der Waals surface area contributed by atoms with Crippen LogP contribution in [0.15, 0.2) is 24.3 Å². The van der Waals surface area contributed by atoms with Gasteiger partial charge in [0.1, 0.15) is 0 Å². The van der Waals surface area contributed by atoms with Crippen LogP contribution in [0.5, 0.6) is 0 Å². The molecule has 1 aliphatic rings. The predicted octanol–water partition coefficient (Wildman–Crippen LogP) is 1.14. The van der Waals surface area contributed by atoms with E-state index in [4.69, 9.17) is 5.26 Å². The summed E-state index contributed by atoms with van der Waals surface area (Å²) in [7, 11) is 0. The summed E-state index contributed by atoms with van der Waals surface area (Å²) in [6.45, 7) is 4.89. The van der Waals surface area contributed by atoms with Crippen LogP contribution in [0.3, 0.4) is 0 Å². The molecule has 1 saturated heterocycles. The molecule has 0 spiro atoms. The van der Waals surface area contributed by atoms with Crippen molar-refractivity contribution >= 4 is 5.95 Å². The lowest BCUT2D eigenvalue weighted by Gasteiger charge is -2.30. The maximum absolute atomic E-state index is 8.94.